The van der Waals surface area contributed by atoms with E-state index in [1.165, 1.54) is 4.57 Å². The smallest absolute Gasteiger partial charge is 0.264 e. The molecule has 0 saturated heterocycles. The molecule has 1 aromatic carbocycles. The van der Waals surface area contributed by atoms with E-state index in [4.69, 9.17) is 17.0 Å². The van der Waals surface area contributed by atoms with Crippen LogP contribution >= 0.6 is 12.2 Å². The van der Waals surface area contributed by atoms with Crippen molar-refractivity contribution in [2.24, 2.45) is 12.1 Å². The third-order valence-electron chi connectivity index (χ3n) is 3.93. The zero-order valence-electron chi connectivity index (χ0n) is 13.4. The normalized spacial score (nSPS) is 16.6. The van der Waals surface area contributed by atoms with Gasteiger partial charge in [0.15, 0.2) is 4.77 Å². The summed E-state index contributed by atoms with van der Waals surface area (Å²) in [5, 5.41) is 14.5. The maximum absolute atomic E-state index is 12.2. The summed E-state index contributed by atoms with van der Waals surface area (Å²) in [5.74, 6) is 0.585. The van der Waals surface area contributed by atoms with Crippen molar-refractivity contribution in [2.75, 3.05) is 6.61 Å². The van der Waals surface area contributed by atoms with E-state index in [-0.39, 0.29) is 22.3 Å². The molecule has 0 saturated carbocycles. The summed E-state index contributed by atoms with van der Waals surface area (Å²) in [5.41, 5.74) is 4.14. The minimum absolute atomic E-state index is 0.130. The van der Waals surface area contributed by atoms with Crippen molar-refractivity contribution < 1.29 is 9.84 Å². The lowest BCUT2D eigenvalue weighted by molar-refractivity contribution is 0.332. The SMILES string of the molecule is CCOc1ccccc1[C@H]1CC(c2c(O)n(C)c(=S)[nH]c2=O)=NN1. The molecule has 0 bridgehead atoms. The number of benzene rings is 1. The summed E-state index contributed by atoms with van der Waals surface area (Å²) in [6.45, 7) is 2.49. The van der Waals surface area contributed by atoms with Crippen LogP contribution in [0.1, 0.15) is 30.5 Å². The van der Waals surface area contributed by atoms with Gasteiger partial charge in [-0.05, 0) is 25.2 Å². The van der Waals surface area contributed by atoms with Crippen molar-refractivity contribution in [3.63, 3.8) is 0 Å². The second kappa shape index (κ2) is 6.48. The number of H-pyrrole nitrogens is 1. The van der Waals surface area contributed by atoms with Crippen LogP contribution in [0.15, 0.2) is 34.2 Å². The molecule has 7 nitrogen and oxygen atoms in total. The molecule has 1 aromatic heterocycles. The predicted molar refractivity (Wildman–Crippen MR) is 93.2 cm³/mol. The van der Waals surface area contributed by atoms with E-state index in [0.29, 0.717) is 18.7 Å². The van der Waals surface area contributed by atoms with Gasteiger partial charge in [0.1, 0.15) is 11.3 Å². The lowest BCUT2D eigenvalue weighted by Crippen LogP contribution is -2.21. The van der Waals surface area contributed by atoms with Gasteiger partial charge in [0, 0.05) is 19.0 Å². The summed E-state index contributed by atoms with van der Waals surface area (Å²) in [6.07, 6.45) is 0.456. The van der Waals surface area contributed by atoms with Crippen LogP contribution < -0.4 is 15.7 Å². The van der Waals surface area contributed by atoms with Crippen LogP contribution in [0.2, 0.25) is 0 Å². The van der Waals surface area contributed by atoms with Crippen LogP contribution in [-0.2, 0) is 7.05 Å². The summed E-state index contributed by atoms with van der Waals surface area (Å²) in [7, 11) is 1.59. The quantitative estimate of drug-likeness (QED) is 0.737. The van der Waals surface area contributed by atoms with Crippen molar-refractivity contribution in [1.29, 1.82) is 0 Å². The summed E-state index contributed by atoms with van der Waals surface area (Å²) >= 11 is 4.98. The van der Waals surface area contributed by atoms with Crippen molar-refractivity contribution in [1.82, 2.24) is 15.0 Å². The molecule has 0 unspecified atom stereocenters. The van der Waals surface area contributed by atoms with Gasteiger partial charge in [0.25, 0.3) is 5.56 Å². The third kappa shape index (κ3) is 2.80. The molecule has 1 aliphatic rings. The molecule has 2 aromatic rings. The number of rotatable bonds is 4. The molecule has 2 heterocycles. The van der Waals surface area contributed by atoms with Crippen molar-refractivity contribution >= 4 is 17.9 Å². The van der Waals surface area contributed by atoms with Gasteiger partial charge in [-0.1, -0.05) is 18.2 Å². The largest absolute Gasteiger partial charge is 0.494 e. The number of aromatic amines is 1. The monoisotopic (exact) mass is 346 g/mol. The zero-order valence-corrected chi connectivity index (χ0v) is 14.2. The number of hydrogen-bond acceptors (Lipinski definition) is 6. The predicted octanol–water partition coefficient (Wildman–Crippen LogP) is 1.99. The van der Waals surface area contributed by atoms with Crippen molar-refractivity contribution in [2.45, 2.75) is 19.4 Å². The number of ether oxygens (including phenoxy) is 1. The molecule has 0 spiro atoms. The van der Waals surface area contributed by atoms with Gasteiger partial charge in [0.2, 0.25) is 5.88 Å². The number of para-hydroxylation sites is 1. The molecule has 0 radical (unpaired) electrons. The fourth-order valence-electron chi connectivity index (χ4n) is 2.70. The van der Waals surface area contributed by atoms with E-state index in [1.54, 1.807) is 7.05 Å². The Bertz CT molecular complexity index is 916. The van der Waals surface area contributed by atoms with Gasteiger partial charge in [0.05, 0.1) is 18.4 Å². The minimum Gasteiger partial charge on any atom is -0.494 e. The second-order valence-electron chi connectivity index (χ2n) is 5.43. The van der Waals surface area contributed by atoms with Crippen molar-refractivity contribution in [3.05, 3.63) is 50.5 Å². The van der Waals surface area contributed by atoms with Gasteiger partial charge < -0.3 is 15.3 Å². The van der Waals surface area contributed by atoms with Crippen molar-refractivity contribution in [3.8, 4) is 11.6 Å². The number of hydrazone groups is 1. The highest BCUT2D eigenvalue weighted by molar-refractivity contribution is 7.71. The number of aromatic hydroxyl groups is 1. The lowest BCUT2D eigenvalue weighted by atomic mass is 9.99. The number of hydrogen-bond donors (Lipinski definition) is 3. The van der Waals surface area contributed by atoms with E-state index < -0.39 is 5.56 Å². The molecule has 0 fully saturated rings. The van der Waals surface area contributed by atoms with Crippen LogP contribution in [-0.4, -0.2) is 27.0 Å². The second-order valence-corrected chi connectivity index (χ2v) is 5.82. The van der Waals surface area contributed by atoms with E-state index in [0.717, 1.165) is 11.3 Å². The van der Waals surface area contributed by atoms with E-state index in [1.807, 2.05) is 31.2 Å². The van der Waals surface area contributed by atoms with Gasteiger partial charge >= 0.3 is 0 Å². The number of aromatic nitrogens is 2. The Morgan fingerprint density at radius 1 is 1.46 bits per heavy atom. The maximum Gasteiger partial charge on any atom is 0.264 e. The Morgan fingerprint density at radius 2 is 2.21 bits per heavy atom. The highest BCUT2D eigenvalue weighted by Gasteiger charge is 2.27. The molecule has 1 aliphatic heterocycles. The first-order valence-corrected chi connectivity index (χ1v) is 8.00. The fraction of sp³-hybridized carbons (Fsp3) is 0.312. The van der Waals surface area contributed by atoms with Crippen LogP contribution in [0.25, 0.3) is 0 Å². The van der Waals surface area contributed by atoms with Gasteiger partial charge in [-0.3, -0.25) is 14.3 Å². The summed E-state index contributed by atoms with van der Waals surface area (Å²) in [6, 6.07) is 7.56. The molecule has 3 N–H and O–H groups in total. The minimum atomic E-state index is -0.449. The first-order chi connectivity index (χ1) is 11.5. The Morgan fingerprint density at radius 3 is 2.96 bits per heavy atom. The molecule has 8 heteroatoms. The third-order valence-corrected chi connectivity index (χ3v) is 4.31. The van der Waals surface area contributed by atoms with E-state index >= 15 is 0 Å². The van der Waals surface area contributed by atoms with Gasteiger partial charge in [-0.2, -0.15) is 5.10 Å². The van der Waals surface area contributed by atoms with Crippen LogP contribution in [0.3, 0.4) is 0 Å². The first-order valence-electron chi connectivity index (χ1n) is 7.59. The van der Waals surface area contributed by atoms with E-state index in [9.17, 15) is 9.90 Å². The number of nitrogens with zero attached hydrogens (tertiary/aromatic N) is 2. The molecule has 3 rings (SSSR count). The average molecular weight is 346 g/mol. The van der Waals surface area contributed by atoms with Crippen LogP contribution in [0, 0.1) is 4.77 Å². The summed E-state index contributed by atoms with van der Waals surface area (Å²) < 4.78 is 7.15. The highest BCUT2D eigenvalue weighted by Crippen LogP contribution is 2.31. The Labute approximate surface area is 143 Å². The topological polar surface area (TPSA) is 91.6 Å². The molecular formula is C16H18N4O3S. The van der Waals surface area contributed by atoms with E-state index in [2.05, 4.69) is 15.5 Å². The maximum atomic E-state index is 12.2. The molecule has 0 aliphatic carbocycles. The van der Waals surface area contributed by atoms with Crippen LogP contribution in [0.4, 0.5) is 0 Å². The zero-order chi connectivity index (χ0) is 17.3. The standard InChI is InChI=1S/C16H18N4O3S/c1-3-23-12-7-5-4-6-9(12)10-8-11(19-18-10)13-14(21)17-16(24)20(2)15(13)22/h4-7,10,18,22H,3,8H2,1-2H3,(H,17,21,24)/t10-/m1/s1. The molecule has 0 amide bonds. The Kier molecular flexibility index (Phi) is 4.39. The van der Waals surface area contributed by atoms with Crippen LogP contribution in [0.5, 0.6) is 11.6 Å². The Balaban J connectivity index is 1.93. The lowest BCUT2D eigenvalue weighted by Gasteiger charge is -2.15. The molecule has 126 valence electrons. The molecular weight excluding hydrogens is 328 g/mol. The fourth-order valence-corrected chi connectivity index (χ4v) is 2.88. The Hall–Kier alpha value is -2.61. The molecule has 1 atom stereocenters. The first kappa shape index (κ1) is 16.3. The average Bonchev–Trinajstić information content (AvgIpc) is 3.03. The highest BCUT2D eigenvalue weighted by atomic mass is 32.1. The summed E-state index contributed by atoms with van der Waals surface area (Å²) in [4.78, 5) is 14.7. The van der Waals surface area contributed by atoms with Gasteiger partial charge in [-0.25, -0.2) is 0 Å². The molecule has 24 heavy (non-hydrogen) atoms. The number of nitrogens with one attached hydrogen (secondary N) is 2. The van der Waals surface area contributed by atoms with Gasteiger partial charge in [-0.15, -0.1) is 0 Å².